The van der Waals surface area contributed by atoms with Gasteiger partial charge in [0.25, 0.3) is 0 Å². The summed E-state index contributed by atoms with van der Waals surface area (Å²) >= 11 is 0. The number of hydrogen-bond acceptors (Lipinski definition) is 3. The van der Waals surface area contributed by atoms with Crippen molar-refractivity contribution in [1.29, 1.82) is 0 Å². The van der Waals surface area contributed by atoms with Crippen LogP contribution in [0.15, 0.2) is 180 Å². The molecular formula is C52H35NO2. The predicted molar refractivity (Wildman–Crippen MR) is 223 cm³/mol. The first-order valence-corrected chi connectivity index (χ1v) is 19.1. The second-order valence-electron chi connectivity index (χ2n) is 15.6. The number of hydrogen-bond donors (Lipinski definition) is 0. The molecule has 3 heteroatoms. The molecule has 0 saturated carbocycles. The molecule has 3 aliphatic rings. The van der Waals surface area contributed by atoms with Gasteiger partial charge in [-0.25, -0.2) is 0 Å². The van der Waals surface area contributed by atoms with E-state index in [0.717, 1.165) is 50.5 Å². The lowest BCUT2D eigenvalue weighted by Crippen LogP contribution is -2.32. The molecule has 0 fully saturated rings. The minimum atomic E-state index is -0.517. The first kappa shape index (κ1) is 30.6. The van der Waals surface area contributed by atoms with Crippen molar-refractivity contribution >= 4 is 39.0 Å². The molecule has 260 valence electrons. The van der Waals surface area contributed by atoms with Gasteiger partial charge in [-0.05, 0) is 99.1 Å². The van der Waals surface area contributed by atoms with Crippen LogP contribution in [0.25, 0.3) is 44.2 Å². The van der Waals surface area contributed by atoms with Crippen LogP contribution in [-0.4, -0.2) is 0 Å². The molecule has 0 unspecified atom stereocenters. The standard InChI is InChI=1S/C52H35NO2/c1-51(2)41-16-6-3-13-35(41)37-26-23-33(30-46(37)51)53(34-24-27-39-38-15-5-10-20-47(38)54-50(39)31-34)32-25-28-43-40(29-32)36-14-4-7-17-42(36)52(43)44-18-8-11-21-48(44)55-49-22-12-9-19-45(49)52/h3-31H,1-2H3. The van der Waals surface area contributed by atoms with E-state index < -0.39 is 5.41 Å². The highest BCUT2D eigenvalue weighted by atomic mass is 16.5. The maximum Gasteiger partial charge on any atom is 0.137 e. The topological polar surface area (TPSA) is 25.6 Å². The molecule has 3 nitrogen and oxygen atoms in total. The van der Waals surface area contributed by atoms with Crippen molar-refractivity contribution < 1.29 is 9.15 Å². The first-order chi connectivity index (χ1) is 27.0. The van der Waals surface area contributed by atoms with Crippen molar-refractivity contribution in [3.05, 3.63) is 209 Å². The van der Waals surface area contributed by atoms with E-state index in [1.807, 2.05) is 12.1 Å². The SMILES string of the molecule is CC1(C)c2ccccc2-c2ccc(N(c3ccc4c(c3)-c3ccccc3C43c4ccccc4Oc4ccccc43)c3ccc4c(c3)oc3ccccc34)cc21. The van der Waals surface area contributed by atoms with Crippen molar-refractivity contribution in [2.75, 3.05) is 4.90 Å². The minimum absolute atomic E-state index is 0.136. The van der Waals surface area contributed by atoms with Crippen molar-refractivity contribution in [2.45, 2.75) is 24.7 Å². The summed E-state index contributed by atoms with van der Waals surface area (Å²) in [6.07, 6.45) is 0. The number of furan rings is 1. The lowest BCUT2D eigenvalue weighted by atomic mass is 9.66. The number of anilines is 3. The summed E-state index contributed by atoms with van der Waals surface area (Å²) < 4.78 is 13.1. The van der Waals surface area contributed by atoms with Gasteiger partial charge in [0.15, 0.2) is 0 Å². The normalized spacial score (nSPS) is 14.8. The Labute approximate surface area is 319 Å². The molecule has 1 aliphatic heterocycles. The van der Waals surface area contributed by atoms with Gasteiger partial charge in [0.05, 0.1) is 5.41 Å². The zero-order chi connectivity index (χ0) is 36.5. The molecule has 1 spiro atoms. The fourth-order valence-corrected chi connectivity index (χ4v) is 10.1. The Morgan fingerprint density at radius 2 is 0.909 bits per heavy atom. The molecule has 0 atom stereocenters. The van der Waals surface area contributed by atoms with E-state index >= 15 is 0 Å². The smallest absolute Gasteiger partial charge is 0.137 e. The molecule has 1 aromatic heterocycles. The molecule has 55 heavy (non-hydrogen) atoms. The average Bonchev–Trinajstić information content (AvgIpc) is 3.82. The molecular weight excluding hydrogens is 671 g/mol. The third-order valence-corrected chi connectivity index (χ3v) is 12.5. The van der Waals surface area contributed by atoms with Crippen LogP contribution in [0.1, 0.15) is 47.2 Å². The van der Waals surface area contributed by atoms with Crippen LogP contribution in [0, 0.1) is 0 Å². The van der Waals surface area contributed by atoms with Crippen LogP contribution < -0.4 is 9.64 Å². The van der Waals surface area contributed by atoms with Crippen LogP contribution in [0.2, 0.25) is 0 Å². The molecule has 2 aliphatic carbocycles. The van der Waals surface area contributed by atoms with Gasteiger partial charge in [-0.1, -0.05) is 129 Å². The Kier molecular flexibility index (Phi) is 6.05. The second-order valence-corrected chi connectivity index (χ2v) is 15.6. The second kappa shape index (κ2) is 10.9. The quantitative estimate of drug-likeness (QED) is 0.183. The van der Waals surface area contributed by atoms with Gasteiger partial charge in [-0.2, -0.15) is 0 Å². The highest BCUT2D eigenvalue weighted by Crippen LogP contribution is 2.62. The monoisotopic (exact) mass is 705 g/mol. The predicted octanol–water partition coefficient (Wildman–Crippen LogP) is 13.8. The highest BCUT2D eigenvalue weighted by Gasteiger charge is 2.51. The summed E-state index contributed by atoms with van der Waals surface area (Å²) in [6.45, 7) is 4.70. The average molecular weight is 706 g/mol. The van der Waals surface area contributed by atoms with Crippen molar-refractivity contribution in [3.8, 4) is 33.8 Å². The van der Waals surface area contributed by atoms with Crippen LogP contribution >= 0.6 is 0 Å². The Bertz CT molecular complexity index is 3030. The highest BCUT2D eigenvalue weighted by molar-refractivity contribution is 6.06. The molecule has 0 saturated heterocycles. The molecule has 2 heterocycles. The van der Waals surface area contributed by atoms with E-state index in [-0.39, 0.29) is 5.41 Å². The Balaban J connectivity index is 1.11. The van der Waals surface area contributed by atoms with Gasteiger partial charge in [0, 0.05) is 50.4 Å². The van der Waals surface area contributed by atoms with Gasteiger partial charge < -0.3 is 14.1 Å². The summed E-state index contributed by atoms with van der Waals surface area (Å²) in [5, 5.41) is 2.25. The summed E-state index contributed by atoms with van der Waals surface area (Å²) in [4.78, 5) is 2.41. The van der Waals surface area contributed by atoms with Crippen molar-refractivity contribution in [1.82, 2.24) is 0 Å². The Morgan fingerprint density at radius 3 is 1.69 bits per heavy atom. The summed E-state index contributed by atoms with van der Waals surface area (Å²) in [5.74, 6) is 1.80. The third kappa shape index (κ3) is 4.00. The van der Waals surface area contributed by atoms with Gasteiger partial charge in [-0.15, -0.1) is 0 Å². The van der Waals surface area contributed by atoms with Crippen LogP contribution in [0.4, 0.5) is 17.1 Å². The van der Waals surface area contributed by atoms with Gasteiger partial charge in [0.1, 0.15) is 22.7 Å². The molecule has 0 radical (unpaired) electrons. The van der Waals surface area contributed by atoms with Crippen molar-refractivity contribution in [2.24, 2.45) is 0 Å². The van der Waals surface area contributed by atoms with Crippen molar-refractivity contribution in [3.63, 3.8) is 0 Å². The number of rotatable bonds is 3. The maximum absolute atomic E-state index is 6.59. The fourth-order valence-electron chi connectivity index (χ4n) is 10.1. The van der Waals surface area contributed by atoms with E-state index in [9.17, 15) is 0 Å². The van der Waals surface area contributed by atoms with Crippen LogP contribution in [0.3, 0.4) is 0 Å². The fraction of sp³-hybridized carbons (Fsp3) is 0.0769. The van der Waals surface area contributed by atoms with E-state index in [4.69, 9.17) is 9.15 Å². The van der Waals surface area contributed by atoms with E-state index in [1.165, 1.54) is 55.6 Å². The van der Waals surface area contributed by atoms with E-state index in [0.29, 0.717) is 0 Å². The Hall–Kier alpha value is -6.84. The van der Waals surface area contributed by atoms with Gasteiger partial charge >= 0.3 is 0 Å². The summed E-state index contributed by atoms with van der Waals surface area (Å²) in [7, 11) is 0. The Morgan fingerprint density at radius 1 is 0.382 bits per heavy atom. The van der Waals surface area contributed by atoms with Gasteiger partial charge in [0.2, 0.25) is 0 Å². The molecule has 0 amide bonds. The third-order valence-electron chi connectivity index (χ3n) is 12.5. The molecule has 0 bridgehead atoms. The zero-order valence-corrected chi connectivity index (χ0v) is 30.5. The molecule has 9 aromatic rings. The lowest BCUT2D eigenvalue weighted by molar-refractivity contribution is 0.436. The minimum Gasteiger partial charge on any atom is -0.457 e. The number of ether oxygens (including phenoxy) is 1. The molecule has 12 rings (SSSR count). The number of fused-ring (bicyclic) bond motifs is 15. The largest absolute Gasteiger partial charge is 0.457 e. The number of benzene rings is 8. The maximum atomic E-state index is 6.59. The van der Waals surface area contributed by atoms with E-state index in [1.54, 1.807) is 0 Å². The van der Waals surface area contributed by atoms with E-state index in [2.05, 4.69) is 183 Å². The number of para-hydroxylation sites is 3. The van der Waals surface area contributed by atoms with Crippen LogP contribution in [0.5, 0.6) is 11.5 Å². The first-order valence-electron chi connectivity index (χ1n) is 19.1. The zero-order valence-electron chi connectivity index (χ0n) is 30.5. The van der Waals surface area contributed by atoms with Gasteiger partial charge in [-0.3, -0.25) is 0 Å². The number of nitrogens with zero attached hydrogens (tertiary/aromatic N) is 1. The summed E-state index contributed by atoms with van der Waals surface area (Å²) in [6, 6.07) is 63.9. The molecule has 0 N–H and O–H groups in total. The summed E-state index contributed by atoms with van der Waals surface area (Å²) in [5.41, 5.74) is 17.0. The molecule has 8 aromatic carbocycles. The lowest BCUT2D eigenvalue weighted by Gasteiger charge is -2.39. The van der Waals surface area contributed by atoms with Crippen LogP contribution in [-0.2, 0) is 10.8 Å².